The van der Waals surface area contributed by atoms with Gasteiger partial charge in [0.15, 0.2) is 0 Å². The first-order valence-corrected chi connectivity index (χ1v) is 15.8. The molecule has 0 radical (unpaired) electrons. The number of rotatable bonds is 12. The van der Waals surface area contributed by atoms with Gasteiger partial charge in [-0.1, -0.05) is 65.5 Å². The molecule has 3 rings (SSSR count). The van der Waals surface area contributed by atoms with E-state index in [1.165, 1.54) is 36.3 Å². The molecule has 0 fully saturated rings. The molecule has 1 atom stereocenters. The average Bonchev–Trinajstić information content (AvgIpc) is 2.93. The van der Waals surface area contributed by atoms with Crippen LogP contribution in [0.15, 0.2) is 65.6 Å². The number of methoxy groups -OCH3 is 1. The molecule has 0 aromatic heterocycles. The Hall–Kier alpha value is -2.98. The lowest BCUT2D eigenvalue weighted by Crippen LogP contribution is -2.53. The molecule has 0 aliphatic rings. The largest absolute Gasteiger partial charge is 0.495 e. The van der Waals surface area contributed by atoms with Gasteiger partial charge in [-0.25, -0.2) is 8.42 Å². The highest BCUT2D eigenvalue weighted by molar-refractivity contribution is 7.92. The summed E-state index contributed by atoms with van der Waals surface area (Å²) in [5.74, 6) is -0.790. The van der Waals surface area contributed by atoms with Crippen molar-refractivity contribution in [3.63, 3.8) is 0 Å². The summed E-state index contributed by atoms with van der Waals surface area (Å²) >= 11 is 18.6. The number of nitrogens with zero attached hydrogens (tertiary/aromatic N) is 2. The number of hydrogen-bond donors (Lipinski definition) is 1. The van der Waals surface area contributed by atoms with Crippen molar-refractivity contribution < 1.29 is 22.7 Å². The van der Waals surface area contributed by atoms with Crippen LogP contribution in [0.1, 0.15) is 38.3 Å². The summed E-state index contributed by atoms with van der Waals surface area (Å²) in [6.07, 6.45) is 0.275. The average molecular weight is 655 g/mol. The Morgan fingerprint density at radius 3 is 2.19 bits per heavy atom. The first-order chi connectivity index (χ1) is 19.8. The minimum atomic E-state index is -4.30. The number of halogens is 3. The van der Waals surface area contributed by atoms with Gasteiger partial charge < -0.3 is 15.0 Å². The minimum absolute atomic E-state index is 0.0230. The van der Waals surface area contributed by atoms with Crippen molar-refractivity contribution in [1.82, 2.24) is 10.2 Å². The molecule has 1 N–H and O–H groups in total. The Kier molecular flexibility index (Phi) is 11.5. The van der Waals surface area contributed by atoms with Crippen LogP contribution in [0, 0.1) is 6.92 Å². The van der Waals surface area contributed by atoms with Gasteiger partial charge in [-0.3, -0.25) is 13.9 Å². The molecule has 0 bridgehead atoms. The molecule has 1 unspecified atom stereocenters. The van der Waals surface area contributed by atoms with Crippen molar-refractivity contribution in [3.05, 3.63) is 86.9 Å². The zero-order valence-electron chi connectivity index (χ0n) is 24.0. The van der Waals surface area contributed by atoms with E-state index < -0.39 is 28.5 Å². The Bertz CT molecular complexity index is 1530. The third-order valence-electron chi connectivity index (χ3n) is 6.45. The molecular formula is C30H34Cl3N3O5S. The fourth-order valence-corrected chi connectivity index (χ4v) is 6.25. The number of carbonyl (C=O) groups is 2. The summed E-state index contributed by atoms with van der Waals surface area (Å²) in [6.45, 7) is 6.59. The Morgan fingerprint density at radius 1 is 0.952 bits per heavy atom. The van der Waals surface area contributed by atoms with E-state index in [0.717, 1.165) is 9.87 Å². The molecule has 0 saturated carbocycles. The summed E-state index contributed by atoms with van der Waals surface area (Å²) in [6, 6.07) is 14.6. The van der Waals surface area contributed by atoms with Crippen LogP contribution < -0.4 is 14.4 Å². The van der Waals surface area contributed by atoms with Crippen LogP contribution >= 0.6 is 34.8 Å². The van der Waals surface area contributed by atoms with Crippen molar-refractivity contribution in [2.24, 2.45) is 0 Å². The highest BCUT2D eigenvalue weighted by Gasteiger charge is 2.35. The summed E-state index contributed by atoms with van der Waals surface area (Å²) in [5, 5.41) is 3.73. The highest BCUT2D eigenvalue weighted by atomic mass is 35.5. The van der Waals surface area contributed by atoms with Gasteiger partial charge >= 0.3 is 0 Å². The first-order valence-electron chi connectivity index (χ1n) is 13.2. The lowest BCUT2D eigenvalue weighted by molar-refractivity contribution is -0.140. The van der Waals surface area contributed by atoms with Crippen molar-refractivity contribution in [1.29, 1.82) is 0 Å². The molecule has 0 aliphatic heterocycles. The summed E-state index contributed by atoms with van der Waals surface area (Å²) in [4.78, 5) is 28.8. The topological polar surface area (TPSA) is 96.0 Å². The number of aryl methyl sites for hydroxylation is 1. The van der Waals surface area contributed by atoms with Crippen molar-refractivity contribution in [2.45, 2.75) is 57.6 Å². The molecule has 3 aromatic rings. The second-order valence-electron chi connectivity index (χ2n) is 10.00. The van der Waals surface area contributed by atoms with Crippen LogP contribution in [0.2, 0.25) is 15.1 Å². The zero-order chi connectivity index (χ0) is 31.2. The number of sulfonamides is 1. The molecule has 3 aromatic carbocycles. The third-order valence-corrected chi connectivity index (χ3v) is 9.20. The quantitative estimate of drug-likeness (QED) is 0.241. The monoisotopic (exact) mass is 653 g/mol. The van der Waals surface area contributed by atoms with Gasteiger partial charge in [0, 0.05) is 17.6 Å². The van der Waals surface area contributed by atoms with Gasteiger partial charge in [0.25, 0.3) is 10.0 Å². The molecule has 2 amide bonds. The SMILES string of the molecule is CCC(C(=O)NC(C)C)N(Cc1ccc(Cl)c(Cl)c1)C(=O)CN(c1cc(Cl)ccc1OC)S(=O)(=O)c1ccc(C)cc1. The van der Waals surface area contributed by atoms with Gasteiger partial charge in [0.2, 0.25) is 11.8 Å². The van der Waals surface area contributed by atoms with E-state index in [1.54, 1.807) is 43.3 Å². The molecular weight excluding hydrogens is 621 g/mol. The van der Waals surface area contributed by atoms with E-state index in [1.807, 2.05) is 20.8 Å². The van der Waals surface area contributed by atoms with Crippen LogP contribution in [0.5, 0.6) is 5.75 Å². The number of nitrogens with one attached hydrogen (secondary N) is 1. The third kappa shape index (κ3) is 8.10. The number of hydrogen-bond acceptors (Lipinski definition) is 5. The van der Waals surface area contributed by atoms with Crippen molar-refractivity contribution in [2.75, 3.05) is 18.0 Å². The second-order valence-corrected chi connectivity index (χ2v) is 13.1. The fourth-order valence-electron chi connectivity index (χ4n) is 4.34. The van der Waals surface area contributed by atoms with Gasteiger partial charge in [0.05, 0.1) is 27.7 Å². The van der Waals surface area contributed by atoms with E-state index in [9.17, 15) is 18.0 Å². The molecule has 0 saturated heterocycles. The molecule has 0 spiro atoms. The lowest BCUT2D eigenvalue weighted by Gasteiger charge is -2.34. The summed E-state index contributed by atoms with van der Waals surface area (Å²) in [7, 11) is -2.90. The predicted octanol–water partition coefficient (Wildman–Crippen LogP) is 6.49. The van der Waals surface area contributed by atoms with E-state index in [4.69, 9.17) is 39.5 Å². The number of anilines is 1. The molecule has 226 valence electrons. The molecule has 0 aliphatic carbocycles. The van der Waals surface area contributed by atoms with Gasteiger partial charge in [-0.2, -0.15) is 0 Å². The fraction of sp³-hybridized carbons (Fsp3) is 0.333. The Morgan fingerprint density at radius 2 is 1.62 bits per heavy atom. The maximum atomic E-state index is 14.2. The molecule has 12 heteroatoms. The number of carbonyl (C=O) groups excluding carboxylic acids is 2. The Labute approximate surface area is 262 Å². The first kappa shape index (κ1) is 33.5. The molecule has 42 heavy (non-hydrogen) atoms. The van der Waals surface area contributed by atoms with Crippen molar-refractivity contribution in [3.8, 4) is 5.75 Å². The lowest BCUT2D eigenvalue weighted by atomic mass is 10.1. The standard InChI is InChI=1S/C30H34Cl3N3O5S/c1-6-26(30(38)34-19(2)3)35(17-21-9-13-24(32)25(33)15-21)29(37)18-36(27-16-22(31)10-14-28(27)41-5)42(39,40)23-11-7-20(4)8-12-23/h7-16,19,26H,6,17-18H2,1-5H3,(H,34,38). The molecule has 0 heterocycles. The highest BCUT2D eigenvalue weighted by Crippen LogP contribution is 2.35. The smallest absolute Gasteiger partial charge is 0.264 e. The number of benzene rings is 3. The van der Waals surface area contributed by atoms with Gasteiger partial charge in [-0.15, -0.1) is 0 Å². The normalized spacial score (nSPS) is 12.1. The predicted molar refractivity (Wildman–Crippen MR) is 168 cm³/mol. The van der Waals surface area contributed by atoms with Gasteiger partial charge in [-0.05, 0) is 75.2 Å². The number of amides is 2. The zero-order valence-corrected chi connectivity index (χ0v) is 27.1. The van der Waals surface area contributed by atoms with Crippen LogP contribution in [0.4, 0.5) is 5.69 Å². The van der Waals surface area contributed by atoms with Crippen molar-refractivity contribution >= 4 is 62.3 Å². The van der Waals surface area contributed by atoms with E-state index in [2.05, 4.69) is 5.32 Å². The summed E-state index contributed by atoms with van der Waals surface area (Å²) in [5.41, 5.74) is 1.56. The van der Waals surface area contributed by atoms with Crippen LogP contribution in [-0.2, 0) is 26.2 Å². The van der Waals surface area contributed by atoms with Crippen LogP contribution in [0.25, 0.3) is 0 Å². The minimum Gasteiger partial charge on any atom is -0.495 e. The second kappa shape index (κ2) is 14.5. The summed E-state index contributed by atoms with van der Waals surface area (Å²) < 4.78 is 34.6. The Balaban J connectivity index is 2.15. The van der Waals surface area contributed by atoms with Crippen LogP contribution in [-0.4, -0.2) is 50.9 Å². The van der Waals surface area contributed by atoms with E-state index in [0.29, 0.717) is 10.6 Å². The van der Waals surface area contributed by atoms with Crippen LogP contribution in [0.3, 0.4) is 0 Å². The van der Waals surface area contributed by atoms with E-state index in [-0.39, 0.29) is 51.3 Å². The maximum Gasteiger partial charge on any atom is 0.264 e. The van der Waals surface area contributed by atoms with Gasteiger partial charge in [0.1, 0.15) is 18.3 Å². The molecule has 8 nitrogen and oxygen atoms in total. The van der Waals surface area contributed by atoms with E-state index >= 15 is 0 Å². The maximum absolute atomic E-state index is 14.2. The number of ether oxygens (including phenoxy) is 1.